The van der Waals surface area contributed by atoms with Crippen molar-refractivity contribution in [1.29, 1.82) is 5.26 Å². The number of aromatic nitrogens is 3. The third-order valence-corrected chi connectivity index (χ3v) is 4.64. The Balaban J connectivity index is 1.88. The van der Waals surface area contributed by atoms with E-state index in [-0.39, 0.29) is 22.8 Å². The van der Waals surface area contributed by atoms with E-state index in [1.54, 1.807) is 20.8 Å². The molecule has 0 aromatic carbocycles. The van der Waals surface area contributed by atoms with Crippen molar-refractivity contribution in [3.8, 4) is 6.07 Å². The monoisotopic (exact) mass is 411 g/mol. The van der Waals surface area contributed by atoms with Gasteiger partial charge in [-0.15, -0.1) is 0 Å². The quantitative estimate of drug-likeness (QED) is 0.777. The van der Waals surface area contributed by atoms with Gasteiger partial charge in [0, 0.05) is 25.2 Å². The van der Waals surface area contributed by atoms with Crippen molar-refractivity contribution in [2.24, 2.45) is 0 Å². The molecule has 0 bridgehead atoms. The molecule has 0 aliphatic carbocycles. The summed E-state index contributed by atoms with van der Waals surface area (Å²) in [7, 11) is 0. The number of hydrogen-bond donors (Lipinski definition) is 1. The second-order valence-corrected chi connectivity index (χ2v) is 7.88. The maximum atomic E-state index is 13.0. The number of halogens is 3. The van der Waals surface area contributed by atoms with Crippen LogP contribution in [0.15, 0.2) is 11.0 Å². The van der Waals surface area contributed by atoms with Crippen molar-refractivity contribution in [2.45, 2.75) is 51.3 Å². The number of likely N-dealkylation sites (tertiary alicyclic amines) is 1. The molecule has 1 aliphatic heterocycles. The van der Waals surface area contributed by atoms with Crippen molar-refractivity contribution in [1.82, 2.24) is 19.5 Å². The number of nitrogens with zero attached hydrogens (tertiary/aromatic N) is 4. The van der Waals surface area contributed by atoms with Crippen molar-refractivity contribution in [3.63, 3.8) is 0 Å². The number of alkyl halides is 3. The van der Waals surface area contributed by atoms with Crippen LogP contribution in [-0.4, -0.2) is 44.3 Å². The first-order chi connectivity index (χ1) is 13.4. The van der Waals surface area contributed by atoms with E-state index in [1.807, 2.05) is 6.07 Å². The summed E-state index contributed by atoms with van der Waals surface area (Å²) in [6.45, 7) is 5.99. The van der Waals surface area contributed by atoms with Crippen LogP contribution in [0.25, 0.3) is 5.65 Å². The highest BCUT2D eigenvalue weighted by Gasteiger charge is 2.36. The van der Waals surface area contributed by atoms with Crippen LogP contribution in [0.2, 0.25) is 0 Å². The lowest BCUT2D eigenvalue weighted by atomic mass is 9.91. The number of carbonyl (C=O) groups is 1. The Kier molecular flexibility index (Phi) is 5.06. The summed E-state index contributed by atoms with van der Waals surface area (Å²) in [4.78, 5) is 28.3. The SMILES string of the molecule is CC(C)(C)OC(=O)N1CCC(c2nn3c(=O)c(C(F)(F)F)c[nH]c3c2C#N)CC1. The van der Waals surface area contributed by atoms with E-state index in [0.717, 1.165) is 0 Å². The first kappa shape index (κ1) is 20.7. The zero-order valence-corrected chi connectivity index (χ0v) is 16.1. The van der Waals surface area contributed by atoms with Crippen molar-refractivity contribution < 1.29 is 22.7 Å². The van der Waals surface area contributed by atoms with Crippen LogP contribution in [0.3, 0.4) is 0 Å². The van der Waals surface area contributed by atoms with Crippen LogP contribution in [0.4, 0.5) is 18.0 Å². The molecule has 1 amide bonds. The molecule has 0 atom stereocenters. The molecule has 3 heterocycles. The molecule has 29 heavy (non-hydrogen) atoms. The molecule has 0 saturated carbocycles. The van der Waals surface area contributed by atoms with Gasteiger partial charge in [0.25, 0.3) is 5.56 Å². The van der Waals surface area contributed by atoms with Crippen LogP contribution in [0.1, 0.15) is 56.4 Å². The minimum atomic E-state index is -4.83. The molecule has 0 radical (unpaired) electrons. The average Bonchev–Trinajstić information content (AvgIpc) is 2.99. The first-order valence-electron chi connectivity index (χ1n) is 9.02. The van der Waals surface area contributed by atoms with E-state index < -0.39 is 29.0 Å². The lowest BCUT2D eigenvalue weighted by Gasteiger charge is -2.32. The van der Waals surface area contributed by atoms with E-state index in [9.17, 15) is 28.0 Å². The van der Waals surface area contributed by atoms with Crippen LogP contribution >= 0.6 is 0 Å². The molecular formula is C18H20F3N5O3. The van der Waals surface area contributed by atoms with Gasteiger partial charge in [-0.05, 0) is 33.6 Å². The van der Waals surface area contributed by atoms with Gasteiger partial charge in [-0.3, -0.25) is 4.79 Å². The molecule has 11 heteroatoms. The number of H-pyrrole nitrogens is 1. The highest BCUT2D eigenvalue weighted by atomic mass is 19.4. The number of fused-ring (bicyclic) bond motifs is 1. The molecule has 0 spiro atoms. The fraction of sp³-hybridized carbons (Fsp3) is 0.556. The molecule has 2 aromatic rings. The molecule has 1 saturated heterocycles. The second-order valence-electron chi connectivity index (χ2n) is 7.88. The molecule has 8 nitrogen and oxygen atoms in total. The fourth-order valence-electron chi connectivity index (χ4n) is 3.29. The summed E-state index contributed by atoms with van der Waals surface area (Å²) in [5.41, 5.74) is -3.13. The predicted octanol–water partition coefficient (Wildman–Crippen LogP) is 3.03. The molecule has 2 aromatic heterocycles. The molecule has 156 valence electrons. The molecule has 1 N–H and O–H groups in total. The van der Waals surface area contributed by atoms with Crippen LogP contribution < -0.4 is 5.56 Å². The number of ether oxygens (including phenoxy) is 1. The lowest BCUT2D eigenvalue weighted by Crippen LogP contribution is -2.41. The van der Waals surface area contributed by atoms with Crippen LogP contribution in [0, 0.1) is 11.3 Å². The summed E-state index contributed by atoms with van der Waals surface area (Å²) in [5.74, 6) is -0.273. The maximum Gasteiger partial charge on any atom is 0.423 e. The van der Waals surface area contributed by atoms with Crippen molar-refractivity contribution in [2.75, 3.05) is 13.1 Å². The Morgan fingerprint density at radius 2 is 1.93 bits per heavy atom. The maximum absolute atomic E-state index is 13.0. The van der Waals surface area contributed by atoms with Gasteiger partial charge in [-0.1, -0.05) is 0 Å². The molecular weight excluding hydrogens is 391 g/mol. The Labute approximate surface area is 163 Å². The summed E-state index contributed by atoms with van der Waals surface area (Å²) in [6.07, 6.45) is -3.85. The van der Waals surface area contributed by atoms with Gasteiger partial charge in [0.2, 0.25) is 0 Å². The van der Waals surface area contributed by atoms with Gasteiger partial charge < -0.3 is 14.6 Å². The van der Waals surface area contributed by atoms with Gasteiger partial charge in [0.05, 0.1) is 5.69 Å². The van der Waals surface area contributed by atoms with E-state index in [0.29, 0.717) is 36.6 Å². The third kappa shape index (κ3) is 4.06. The molecule has 3 rings (SSSR count). The van der Waals surface area contributed by atoms with E-state index in [2.05, 4.69) is 10.1 Å². The summed E-state index contributed by atoms with van der Waals surface area (Å²) < 4.78 is 44.9. The number of amides is 1. The summed E-state index contributed by atoms with van der Waals surface area (Å²) >= 11 is 0. The van der Waals surface area contributed by atoms with Crippen molar-refractivity contribution >= 4 is 11.7 Å². The van der Waals surface area contributed by atoms with E-state index >= 15 is 0 Å². The smallest absolute Gasteiger partial charge is 0.423 e. The first-order valence-corrected chi connectivity index (χ1v) is 9.02. The Hall–Kier alpha value is -3.03. The lowest BCUT2D eigenvalue weighted by molar-refractivity contribution is -0.139. The average molecular weight is 411 g/mol. The molecule has 1 aliphatic rings. The van der Waals surface area contributed by atoms with Gasteiger partial charge in [0.15, 0.2) is 5.65 Å². The number of aromatic amines is 1. The third-order valence-electron chi connectivity index (χ3n) is 4.64. The van der Waals surface area contributed by atoms with Gasteiger partial charge in [-0.2, -0.15) is 28.0 Å². The number of piperidine rings is 1. The highest BCUT2D eigenvalue weighted by molar-refractivity contribution is 5.68. The molecule has 1 fully saturated rings. The summed E-state index contributed by atoms with van der Waals surface area (Å²) in [6, 6.07) is 1.93. The van der Waals surface area contributed by atoms with E-state index in [1.165, 1.54) is 4.90 Å². The zero-order chi connectivity index (χ0) is 21.6. The highest BCUT2D eigenvalue weighted by Crippen LogP contribution is 2.32. The number of carbonyl (C=O) groups excluding carboxylic acids is 1. The van der Waals surface area contributed by atoms with Gasteiger partial charge in [0.1, 0.15) is 22.8 Å². The minimum Gasteiger partial charge on any atom is -0.444 e. The standard InChI is InChI=1S/C18H20F3N5O3/c1-17(2,3)29-16(28)25-6-4-10(5-7-25)13-11(8-22)14-23-9-12(18(19,20)21)15(27)26(14)24-13/h9-10,23H,4-7H2,1-3H3. The number of hydrogen-bond acceptors (Lipinski definition) is 5. The second kappa shape index (κ2) is 7.09. The van der Waals surface area contributed by atoms with Crippen LogP contribution in [0.5, 0.6) is 0 Å². The van der Waals surface area contributed by atoms with Crippen LogP contribution in [-0.2, 0) is 10.9 Å². The number of nitrogens with one attached hydrogen (secondary N) is 1. The summed E-state index contributed by atoms with van der Waals surface area (Å²) in [5, 5.41) is 13.5. The largest absolute Gasteiger partial charge is 0.444 e. The van der Waals surface area contributed by atoms with Gasteiger partial charge >= 0.3 is 12.3 Å². The molecule has 0 unspecified atom stereocenters. The number of rotatable bonds is 1. The van der Waals surface area contributed by atoms with Gasteiger partial charge in [-0.25, -0.2) is 4.79 Å². The Bertz CT molecular complexity index is 1030. The zero-order valence-electron chi connectivity index (χ0n) is 16.1. The predicted molar refractivity (Wildman–Crippen MR) is 95.3 cm³/mol. The normalized spacial score (nSPS) is 16.1. The number of nitriles is 1. The minimum absolute atomic E-state index is 0.0338. The Morgan fingerprint density at radius 3 is 2.45 bits per heavy atom. The topological polar surface area (TPSA) is 103 Å². The van der Waals surface area contributed by atoms with E-state index in [4.69, 9.17) is 4.74 Å². The van der Waals surface area contributed by atoms with Crippen molar-refractivity contribution in [3.05, 3.63) is 33.4 Å². The fourth-order valence-corrected chi connectivity index (χ4v) is 3.29. The Morgan fingerprint density at radius 1 is 1.31 bits per heavy atom.